The molecule has 1 aliphatic heterocycles. The average Bonchev–Trinajstić information content (AvgIpc) is 2.46. The monoisotopic (exact) mass is 279 g/mol. The van der Waals surface area contributed by atoms with Crippen LogP contribution in [0.1, 0.15) is 54.2 Å². The van der Waals surface area contributed by atoms with E-state index in [0.29, 0.717) is 11.2 Å². The molecular formula is C15H23BFNO2. The molecule has 1 aliphatic rings. The fraction of sp³-hybridized carbons (Fsp3) is 0.667. The van der Waals surface area contributed by atoms with Gasteiger partial charge >= 0.3 is 7.12 Å². The van der Waals surface area contributed by atoms with Crippen LogP contribution in [0.15, 0.2) is 12.1 Å². The van der Waals surface area contributed by atoms with Gasteiger partial charge in [-0.05, 0) is 45.3 Å². The molecule has 0 unspecified atom stereocenters. The van der Waals surface area contributed by atoms with E-state index in [4.69, 9.17) is 9.31 Å². The van der Waals surface area contributed by atoms with E-state index in [1.165, 1.54) is 6.07 Å². The van der Waals surface area contributed by atoms with E-state index in [-0.39, 0.29) is 5.41 Å². The lowest BCUT2D eigenvalue weighted by Gasteiger charge is -2.32. The number of pyridine rings is 1. The van der Waals surface area contributed by atoms with Crippen LogP contribution in [0.25, 0.3) is 0 Å². The summed E-state index contributed by atoms with van der Waals surface area (Å²) in [5.74, 6) is -0.498. The second kappa shape index (κ2) is 4.53. The van der Waals surface area contributed by atoms with Gasteiger partial charge in [-0.3, -0.25) is 0 Å². The van der Waals surface area contributed by atoms with Crippen molar-refractivity contribution in [1.82, 2.24) is 4.98 Å². The van der Waals surface area contributed by atoms with Crippen LogP contribution in [0.4, 0.5) is 4.39 Å². The Morgan fingerprint density at radius 2 is 1.55 bits per heavy atom. The predicted molar refractivity (Wildman–Crippen MR) is 78.6 cm³/mol. The summed E-state index contributed by atoms with van der Waals surface area (Å²) >= 11 is 0. The van der Waals surface area contributed by atoms with E-state index in [9.17, 15) is 4.39 Å². The van der Waals surface area contributed by atoms with Crippen LogP contribution >= 0.6 is 0 Å². The molecule has 0 amide bonds. The zero-order valence-electron chi connectivity index (χ0n) is 13.4. The number of nitrogens with zero attached hydrogens (tertiary/aromatic N) is 1. The van der Waals surface area contributed by atoms with Crippen molar-refractivity contribution in [3.05, 3.63) is 23.8 Å². The first-order valence-electron chi connectivity index (χ1n) is 6.96. The van der Waals surface area contributed by atoms with Gasteiger partial charge in [0.05, 0.1) is 11.2 Å². The Hall–Kier alpha value is -0.935. The molecule has 3 nitrogen and oxygen atoms in total. The molecule has 0 spiro atoms. The van der Waals surface area contributed by atoms with Crippen molar-refractivity contribution in [2.75, 3.05) is 0 Å². The minimum absolute atomic E-state index is 0.222. The highest BCUT2D eigenvalue weighted by molar-refractivity contribution is 6.62. The molecule has 0 saturated carbocycles. The van der Waals surface area contributed by atoms with Gasteiger partial charge in [0.1, 0.15) is 0 Å². The van der Waals surface area contributed by atoms with Gasteiger partial charge in [-0.15, -0.1) is 0 Å². The molecule has 20 heavy (non-hydrogen) atoms. The smallest absolute Gasteiger partial charge is 0.399 e. The topological polar surface area (TPSA) is 31.4 Å². The van der Waals surface area contributed by atoms with Gasteiger partial charge in [-0.1, -0.05) is 20.8 Å². The van der Waals surface area contributed by atoms with Gasteiger partial charge in [-0.25, -0.2) is 4.98 Å². The summed E-state index contributed by atoms with van der Waals surface area (Å²) in [6.45, 7) is 13.9. The van der Waals surface area contributed by atoms with Crippen molar-refractivity contribution in [2.45, 2.75) is 65.1 Å². The maximum atomic E-state index is 13.8. The van der Waals surface area contributed by atoms with E-state index in [2.05, 4.69) is 4.98 Å². The molecule has 5 heteroatoms. The van der Waals surface area contributed by atoms with E-state index in [0.717, 1.165) is 0 Å². The third-order valence-corrected chi connectivity index (χ3v) is 4.11. The van der Waals surface area contributed by atoms with E-state index >= 15 is 0 Å². The largest absolute Gasteiger partial charge is 0.495 e. The Balaban J connectivity index is 2.38. The lowest BCUT2D eigenvalue weighted by molar-refractivity contribution is 0.00578. The maximum Gasteiger partial charge on any atom is 0.495 e. The average molecular weight is 279 g/mol. The Morgan fingerprint density at radius 3 is 2.00 bits per heavy atom. The first kappa shape index (κ1) is 15.5. The van der Waals surface area contributed by atoms with Crippen molar-refractivity contribution in [1.29, 1.82) is 0 Å². The van der Waals surface area contributed by atoms with Crippen LogP contribution in [0.5, 0.6) is 0 Å². The molecule has 0 radical (unpaired) electrons. The van der Waals surface area contributed by atoms with Crippen molar-refractivity contribution < 1.29 is 13.7 Å². The summed E-state index contributed by atoms with van der Waals surface area (Å²) in [7, 11) is -0.557. The van der Waals surface area contributed by atoms with Gasteiger partial charge in [-0.2, -0.15) is 4.39 Å². The number of rotatable bonds is 1. The van der Waals surface area contributed by atoms with Crippen molar-refractivity contribution in [3.63, 3.8) is 0 Å². The molecule has 0 aromatic carbocycles. The first-order valence-corrected chi connectivity index (χ1v) is 6.96. The minimum Gasteiger partial charge on any atom is -0.399 e. The SMILES string of the molecule is CC(C)(C)c1cc(B2OC(C)(C)C(C)(C)O2)cc(F)n1. The first-order chi connectivity index (χ1) is 8.92. The molecule has 0 bridgehead atoms. The lowest BCUT2D eigenvalue weighted by Crippen LogP contribution is -2.41. The zero-order chi connectivity index (χ0) is 15.3. The van der Waals surface area contributed by atoms with Gasteiger partial charge in [0, 0.05) is 11.1 Å². The molecule has 1 fully saturated rings. The van der Waals surface area contributed by atoms with Gasteiger partial charge in [0.25, 0.3) is 0 Å². The van der Waals surface area contributed by atoms with E-state index in [1.807, 2.05) is 54.5 Å². The lowest BCUT2D eigenvalue weighted by atomic mass is 9.77. The van der Waals surface area contributed by atoms with Crippen molar-refractivity contribution in [3.8, 4) is 0 Å². The maximum absolute atomic E-state index is 13.8. The van der Waals surface area contributed by atoms with E-state index < -0.39 is 24.3 Å². The van der Waals surface area contributed by atoms with Gasteiger partial charge in [0.15, 0.2) is 0 Å². The Bertz CT molecular complexity index is 507. The van der Waals surface area contributed by atoms with Crippen LogP contribution in [-0.2, 0) is 14.7 Å². The fourth-order valence-corrected chi connectivity index (χ4v) is 2.02. The van der Waals surface area contributed by atoms with Gasteiger partial charge in [0.2, 0.25) is 5.95 Å². The van der Waals surface area contributed by atoms with Crippen LogP contribution in [0.2, 0.25) is 0 Å². The third-order valence-electron chi connectivity index (χ3n) is 4.11. The van der Waals surface area contributed by atoms with Crippen molar-refractivity contribution >= 4 is 12.6 Å². The molecule has 1 aromatic heterocycles. The molecule has 1 saturated heterocycles. The molecular weight excluding hydrogens is 256 g/mol. The summed E-state index contributed by atoms with van der Waals surface area (Å²) < 4.78 is 25.7. The minimum atomic E-state index is -0.557. The Labute approximate surface area is 121 Å². The second-order valence-corrected chi connectivity index (χ2v) is 7.45. The number of aromatic nitrogens is 1. The summed E-state index contributed by atoms with van der Waals surface area (Å²) in [6, 6.07) is 3.25. The third kappa shape index (κ3) is 2.74. The second-order valence-electron chi connectivity index (χ2n) is 7.45. The molecule has 110 valence electrons. The van der Waals surface area contributed by atoms with Crippen molar-refractivity contribution in [2.24, 2.45) is 0 Å². The highest BCUT2D eigenvalue weighted by atomic mass is 19.1. The molecule has 2 heterocycles. The summed E-state index contributed by atoms with van der Waals surface area (Å²) in [5.41, 5.74) is 0.294. The zero-order valence-corrected chi connectivity index (χ0v) is 13.4. The Kier molecular flexibility index (Phi) is 3.50. The highest BCUT2D eigenvalue weighted by Crippen LogP contribution is 2.36. The molecule has 0 N–H and O–H groups in total. The van der Waals surface area contributed by atoms with Crippen LogP contribution in [0.3, 0.4) is 0 Å². The van der Waals surface area contributed by atoms with E-state index in [1.54, 1.807) is 0 Å². The van der Waals surface area contributed by atoms with Crippen LogP contribution in [0, 0.1) is 5.95 Å². The molecule has 0 aliphatic carbocycles. The number of hydrogen-bond donors (Lipinski definition) is 0. The summed E-state index contributed by atoms with van der Waals surface area (Å²) in [6.07, 6.45) is 0. The quantitative estimate of drug-likeness (QED) is 0.585. The van der Waals surface area contributed by atoms with Crippen LogP contribution < -0.4 is 5.46 Å². The number of halogens is 1. The normalized spacial score (nSPS) is 21.3. The van der Waals surface area contributed by atoms with Crippen LogP contribution in [-0.4, -0.2) is 23.3 Å². The van der Waals surface area contributed by atoms with Gasteiger partial charge < -0.3 is 9.31 Å². The summed E-state index contributed by atoms with van der Waals surface area (Å²) in [5, 5.41) is 0. The standard InChI is InChI=1S/C15H23BFNO2/c1-13(2,3)11-8-10(9-12(17)18-11)16-19-14(4,5)15(6,7)20-16/h8-9H,1-7H3. The Morgan fingerprint density at radius 1 is 1.05 bits per heavy atom. The molecule has 1 aromatic rings. The molecule has 2 rings (SSSR count). The summed E-state index contributed by atoms with van der Waals surface area (Å²) in [4.78, 5) is 3.97. The fourth-order valence-electron chi connectivity index (χ4n) is 2.02. The molecule has 0 atom stereocenters. The number of hydrogen-bond acceptors (Lipinski definition) is 3. The predicted octanol–water partition coefficient (Wildman–Crippen LogP) is 2.82. The highest BCUT2D eigenvalue weighted by Gasteiger charge is 2.52.